The van der Waals surface area contributed by atoms with E-state index >= 15 is 0 Å². The molecule has 27 heavy (non-hydrogen) atoms. The molecule has 1 aliphatic heterocycles. The molecule has 2 N–H and O–H groups in total. The molecule has 5 nitrogen and oxygen atoms in total. The van der Waals surface area contributed by atoms with Crippen molar-refractivity contribution in [2.24, 2.45) is 4.99 Å². The number of guanidine groups is 1. The van der Waals surface area contributed by atoms with Gasteiger partial charge in [0.1, 0.15) is 11.6 Å². The number of nitrogens with one attached hydrogen (secondary N) is 2. The largest absolute Gasteiger partial charge is 0.468 e. The van der Waals surface area contributed by atoms with Crippen LogP contribution < -0.4 is 10.6 Å². The lowest BCUT2D eigenvalue weighted by Gasteiger charge is -2.26. The van der Waals surface area contributed by atoms with Gasteiger partial charge in [-0.05, 0) is 56.3 Å². The number of likely N-dealkylation sites (tertiary alicyclic amines) is 1. The van der Waals surface area contributed by atoms with Gasteiger partial charge < -0.3 is 15.1 Å². The smallest absolute Gasteiger partial charge is 0.191 e. The Morgan fingerprint density at radius 1 is 1.30 bits per heavy atom. The molecule has 1 aliphatic rings. The van der Waals surface area contributed by atoms with Gasteiger partial charge in [-0.25, -0.2) is 4.39 Å². The Bertz CT molecular complexity index is 735. The Morgan fingerprint density at radius 2 is 2.07 bits per heavy atom. The number of halogens is 3. The quantitative estimate of drug-likeness (QED) is 0.320. The highest BCUT2D eigenvalue weighted by atomic mass is 127. The highest BCUT2D eigenvalue weighted by Crippen LogP contribution is 2.24. The first-order valence-electron chi connectivity index (χ1n) is 8.83. The molecule has 0 saturated carbocycles. The predicted octanol–water partition coefficient (Wildman–Crippen LogP) is 4.30. The molecule has 0 aliphatic carbocycles. The molecule has 1 saturated heterocycles. The van der Waals surface area contributed by atoms with Gasteiger partial charge in [-0.15, -0.1) is 24.0 Å². The molecule has 148 valence electrons. The van der Waals surface area contributed by atoms with Crippen molar-refractivity contribution in [2.75, 3.05) is 26.7 Å². The van der Waals surface area contributed by atoms with Crippen LogP contribution in [0.1, 0.15) is 30.2 Å². The number of benzene rings is 1. The van der Waals surface area contributed by atoms with Gasteiger partial charge in [-0.1, -0.05) is 15.9 Å². The summed E-state index contributed by atoms with van der Waals surface area (Å²) in [5.74, 6) is 1.36. The molecule has 0 amide bonds. The monoisotopic (exact) mass is 550 g/mol. The number of hydrogen-bond donors (Lipinski definition) is 2. The fourth-order valence-electron chi connectivity index (χ4n) is 3.22. The highest BCUT2D eigenvalue weighted by molar-refractivity contribution is 14.0. The minimum atomic E-state index is -0.235. The molecular formula is C19H25BrFIN4O. The van der Waals surface area contributed by atoms with Crippen molar-refractivity contribution in [3.63, 3.8) is 0 Å². The molecular weight excluding hydrogens is 526 g/mol. The van der Waals surface area contributed by atoms with Crippen LogP contribution >= 0.6 is 39.9 Å². The van der Waals surface area contributed by atoms with E-state index in [4.69, 9.17) is 4.42 Å². The Labute approximate surface area is 184 Å². The zero-order valence-electron chi connectivity index (χ0n) is 15.3. The van der Waals surface area contributed by atoms with E-state index in [0.717, 1.165) is 23.3 Å². The number of nitrogens with zero attached hydrogens (tertiary/aromatic N) is 2. The standard InChI is InChI=1S/C19H24BrFN4O.HI/c1-22-19(23-12-14-11-15(20)6-7-16(14)21)24-13-17(18-5-4-10-26-18)25-8-2-3-9-25;/h4-7,10-11,17H,2-3,8-9,12-13H2,1H3,(H2,22,23,24);1H. The van der Waals surface area contributed by atoms with Crippen molar-refractivity contribution in [2.45, 2.75) is 25.4 Å². The Kier molecular flexibility index (Phi) is 9.04. The third kappa shape index (κ3) is 6.18. The van der Waals surface area contributed by atoms with Gasteiger partial charge in [0.2, 0.25) is 0 Å². The molecule has 1 fully saturated rings. The Balaban J connectivity index is 0.00000261. The van der Waals surface area contributed by atoms with E-state index in [1.807, 2.05) is 12.1 Å². The zero-order valence-corrected chi connectivity index (χ0v) is 19.2. The summed E-state index contributed by atoms with van der Waals surface area (Å²) < 4.78 is 20.4. The third-order valence-corrected chi connectivity index (χ3v) is 5.09. The van der Waals surface area contributed by atoms with Crippen molar-refractivity contribution < 1.29 is 8.81 Å². The lowest BCUT2D eigenvalue weighted by Crippen LogP contribution is -2.42. The van der Waals surface area contributed by atoms with E-state index in [9.17, 15) is 4.39 Å². The van der Waals surface area contributed by atoms with E-state index in [1.165, 1.54) is 18.9 Å². The van der Waals surface area contributed by atoms with Crippen LogP contribution in [0.15, 0.2) is 50.5 Å². The van der Waals surface area contributed by atoms with Gasteiger partial charge in [-0.3, -0.25) is 9.89 Å². The second kappa shape index (κ2) is 11.0. The summed E-state index contributed by atoms with van der Waals surface area (Å²) in [5, 5.41) is 6.52. The van der Waals surface area contributed by atoms with E-state index in [1.54, 1.807) is 25.4 Å². The fourth-order valence-corrected chi connectivity index (χ4v) is 3.62. The normalized spacial score (nSPS) is 16.0. The maximum absolute atomic E-state index is 13.9. The average molecular weight is 551 g/mol. The van der Waals surface area contributed by atoms with Crippen LogP contribution in [0.3, 0.4) is 0 Å². The second-order valence-electron chi connectivity index (χ2n) is 6.32. The Hall–Kier alpha value is -1.13. The van der Waals surface area contributed by atoms with Gasteiger partial charge in [-0.2, -0.15) is 0 Å². The number of aliphatic imine (C=N–C) groups is 1. The highest BCUT2D eigenvalue weighted by Gasteiger charge is 2.25. The molecule has 0 bridgehead atoms. The lowest BCUT2D eigenvalue weighted by atomic mass is 10.2. The van der Waals surface area contributed by atoms with Crippen LogP contribution in [0, 0.1) is 5.82 Å². The third-order valence-electron chi connectivity index (χ3n) is 4.59. The summed E-state index contributed by atoms with van der Waals surface area (Å²) in [4.78, 5) is 6.67. The molecule has 1 aromatic carbocycles. The van der Waals surface area contributed by atoms with Crippen LogP contribution in [-0.4, -0.2) is 37.5 Å². The van der Waals surface area contributed by atoms with E-state index < -0.39 is 0 Å². The summed E-state index contributed by atoms with van der Waals surface area (Å²) in [6, 6.07) is 9.01. The van der Waals surface area contributed by atoms with Gasteiger partial charge in [0.05, 0.1) is 12.3 Å². The van der Waals surface area contributed by atoms with Gasteiger partial charge in [0, 0.05) is 30.2 Å². The van der Waals surface area contributed by atoms with Crippen molar-refractivity contribution in [1.82, 2.24) is 15.5 Å². The first kappa shape index (κ1) is 22.2. The number of hydrogen-bond acceptors (Lipinski definition) is 3. The van der Waals surface area contributed by atoms with Gasteiger partial charge in [0.25, 0.3) is 0 Å². The van der Waals surface area contributed by atoms with Crippen LogP contribution in [0.4, 0.5) is 4.39 Å². The molecule has 3 rings (SSSR count). The van der Waals surface area contributed by atoms with Crippen LogP contribution in [0.25, 0.3) is 0 Å². The van der Waals surface area contributed by atoms with Crippen molar-refractivity contribution in [3.8, 4) is 0 Å². The van der Waals surface area contributed by atoms with Crippen molar-refractivity contribution >= 4 is 45.9 Å². The lowest BCUT2D eigenvalue weighted by molar-refractivity contribution is 0.215. The first-order chi connectivity index (χ1) is 12.7. The molecule has 2 heterocycles. The Morgan fingerprint density at radius 3 is 2.74 bits per heavy atom. The van der Waals surface area contributed by atoms with Crippen molar-refractivity contribution in [3.05, 3.63) is 58.2 Å². The molecule has 1 atom stereocenters. The summed E-state index contributed by atoms with van der Waals surface area (Å²) >= 11 is 3.37. The summed E-state index contributed by atoms with van der Waals surface area (Å²) in [5.41, 5.74) is 0.587. The van der Waals surface area contributed by atoms with Gasteiger partial charge in [0.15, 0.2) is 5.96 Å². The molecule has 2 aromatic rings. The molecule has 0 radical (unpaired) electrons. The van der Waals surface area contributed by atoms with Crippen LogP contribution in [0.2, 0.25) is 0 Å². The zero-order chi connectivity index (χ0) is 18.4. The number of rotatable bonds is 6. The van der Waals surface area contributed by atoms with Crippen LogP contribution in [-0.2, 0) is 6.54 Å². The topological polar surface area (TPSA) is 52.8 Å². The van der Waals surface area contributed by atoms with Crippen LogP contribution in [0.5, 0.6) is 0 Å². The van der Waals surface area contributed by atoms with Gasteiger partial charge >= 0.3 is 0 Å². The minimum Gasteiger partial charge on any atom is -0.468 e. The summed E-state index contributed by atoms with van der Waals surface area (Å²) in [6.07, 6.45) is 4.14. The van der Waals surface area contributed by atoms with E-state index in [-0.39, 0.29) is 35.8 Å². The molecule has 1 aromatic heterocycles. The maximum atomic E-state index is 13.9. The second-order valence-corrected chi connectivity index (χ2v) is 7.23. The maximum Gasteiger partial charge on any atom is 0.191 e. The molecule has 8 heteroatoms. The summed E-state index contributed by atoms with van der Waals surface area (Å²) in [6.45, 7) is 3.18. The molecule has 0 spiro atoms. The minimum absolute atomic E-state index is 0. The van der Waals surface area contributed by atoms with E-state index in [0.29, 0.717) is 24.6 Å². The fraction of sp³-hybridized carbons (Fsp3) is 0.421. The van der Waals surface area contributed by atoms with Crippen molar-refractivity contribution in [1.29, 1.82) is 0 Å². The SMILES string of the molecule is CN=C(NCc1cc(Br)ccc1F)NCC(c1ccco1)N1CCCC1.I. The predicted molar refractivity (Wildman–Crippen MR) is 120 cm³/mol. The molecule has 1 unspecified atom stereocenters. The first-order valence-corrected chi connectivity index (χ1v) is 9.62. The van der Waals surface area contributed by atoms with E-state index in [2.05, 4.69) is 36.5 Å². The average Bonchev–Trinajstić information content (AvgIpc) is 3.35. The summed E-state index contributed by atoms with van der Waals surface area (Å²) in [7, 11) is 1.71. The number of furan rings is 1.